The van der Waals surface area contributed by atoms with Crippen LogP contribution in [0.5, 0.6) is 0 Å². The predicted molar refractivity (Wildman–Crippen MR) is 136 cm³/mol. The van der Waals surface area contributed by atoms with Gasteiger partial charge in [0, 0.05) is 40.9 Å². The van der Waals surface area contributed by atoms with Gasteiger partial charge in [-0.3, -0.25) is 9.20 Å². The lowest BCUT2D eigenvalue weighted by Gasteiger charge is -2.30. The zero-order valence-electron chi connectivity index (χ0n) is 18.0. The highest BCUT2D eigenvalue weighted by atomic mass is 127. The topological polar surface area (TPSA) is 99.7 Å². The van der Waals surface area contributed by atoms with Gasteiger partial charge in [-0.2, -0.15) is 0 Å². The first-order valence-electron chi connectivity index (χ1n) is 10.3. The highest BCUT2D eigenvalue weighted by Crippen LogP contribution is 2.23. The van der Waals surface area contributed by atoms with E-state index in [4.69, 9.17) is 0 Å². The Balaban J connectivity index is 0.00000450. The minimum Gasteiger partial charge on any atom is -0.357 e. The molecule has 30 heavy (non-hydrogen) atoms. The standard InChI is InChI=1S/C20H34N4O3S2.HI/c1-4-21-20(24-17-7-6-8-18(15-17)28(25)5-2)22-13-14-23-29(26,27)19-11-9-16(3)10-12-19;/h9-12,17-18,23H,4-8,13-15H2,1-3H3,(H2,21,22,24);1H. The Labute approximate surface area is 200 Å². The van der Waals surface area contributed by atoms with Crippen LogP contribution in [0.15, 0.2) is 34.2 Å². The van der Waals surface area contributed by atoms with Crippen molar-refractivity contribution in [2.45, 2.75) is 62.6 Å². The summed E-state index contributed by atoms with van der Waals surface area (Å²) in [6.07, 6.45) is 3.99. The average Bonchev–Trinajstić information content (AvgIpc) is 2.71. The van der Waals surface area contributed by atoms with Gasteiger partial charge in [0.2, 0.25) is 10.0 Å². The number of aryl methyl sites for hydroxylation is 1. The van der Waals surface area contributed by atoms with Crippen LogP contribution in [0, 0.1) is 6.92 Å². The van der Waals surface area contributed by atoms with E-state index in [1.165, 1.54) is 0 Å². The zero-order chi connectivity index (χ0) is 21.3. The molecule has 1 aromatic carbocycles. The molecule has 0 aliphatic heterocycles. The molecular weight excluding hydrogens is 535 g/mol. The van der Waals surface area contributed by atoms with E-state index in [1.807, 2.05) is 20.8 Å². The van der Waals surface area contributed by atoms with Gasteiger partial charge in [0.1, 0.15) is 0 Å². The van der Waals surface area contributed by atoms with Crippen molar-refractivity contribution in [2.75, 3.05) is 25.4 Å². The monoisotopic (exact) mass is 570 g/mol. The Morgan fingerprint density at radius 1 is 1.20 bits per heavy atom. The Morgan fingerprint density at radius 2 is 1.90 bits per heavy atom. The molecule has 0 radical (unpaired) electrons. The summed E-state index contributed by atoms with van der Waals surface area (Å²) in [5.41, 5.74) is 1.02. The SMILES string of the molecule is CCNC(=NCCNS(=O)(=O)c1ccc(C)cc1)NC1CCCC(S(=O)CC)C1.I. The molecule has 1 saturated carbocycles. The number of sulfonamides is 1. The number of guanidine groups is 1. The maximum atomic E-state index is 12.3. The van der Waals surface area contributed by atoms with E-state index in [0.29, 0.717) is 18.3 Å². The maximum absolute atomic E-state index is 12.3. The summed E-state index contributed by atoms with van der Waals surface area (Å²) in [4.78, 5) is 4.76. The van der Waals surface area contributed by atoms with Crippen LogP contribution in [0.4, 0.5) is 0 Å². The number of benzene rings is 1. The molecule has 1 aliphatic rings. The van der Waals surface area contributed by atoms with Gasteiger partial charge < -0.3 is 10.6 Å². The lowest BCUT2D eigenvalue weighted by molar-refractivity contribution is 0.413. The first-order chi connectivity index (χ1) is 13.9. The minimum atomic E-state index is -3.53. The average molecular weight is 571 g/mol. The molecule has 0 heterocycles. The molecule has 0 spiro atoms. The van der Waals surface area contributed by atoms with Crippen LogP contribution in [0.3, 0.4) is 0 Å². The molecule has 0 saturated heterocycles. The third-order valence-electron chi connectivity index (χ3n) is 4.97. The van der Waals surface area contributed by atoms with Gasteiger partial charge in [0.25, 0.3) is 0 Å². The van der Waals surface area contributed by atoms with Gasteiger partial charge in [-0.25, -0.2) is 13.1 Å². The molecule has 1 aliphatic carbocycles. The number of nitrogens with zero attached hydrogens (tertiary/aromatic N) is 1. The summed E-state index contributed by atoms with van der Waals surface area (Å²) < 4.78 is 39.4. The third kappa shape index (κ3) is 8.80. The number of hydrogen-bond donors (Lipinski definition) is 3. The van der Waals surface area contributed by atoms with Crippen LogP contribution in [0.25, 0.3) is 0 Å². The van der Waals surface area contributed by atoms with Crippen molar-refractivity contribution in [1.29, 1.82) is 0 Å². The summed E-state index contributed by atoms with van der Waals surface area (Å²) >= 11 is 0. The van der Waals surface area contributed by atoms with Crippen molar-refractivity contribution in [3.05, 3.63) is 29.8 Å². The Hall–Kier alpha value is -0.720. The lowest BCUT2D eigenvalue weighted by Crippen LogP contribution is -2.47. The van der Waals surface area contributed by atoms with Crippen molar-refractivity contribution in [3.63, 3.8) is 0 Å². The van der Waals surface area contributed by atoms with Crippen LogP contribution >= 0.6 is 24.0 Å². The van der Waals surface area contributed by atoms with E-state index in [0.717, 1.165) is 37.8 Å². The molecule has 0 amide bonds. The fraction of sp³-hybridized carbons (Fsp3) is 0.650. The molecule has 10 heteroatoms. The van der Waals surface area contributed by atoms with Gasteiger partial charge in [0.15, 0.2) is 5.96 Å². The summed E-state index contributed by atoms with van der Waals surface area (Å²) in [6, 6.07) is 7.01. The second-order valence-electron chi connectivity index (χ2n) is 7.27. The maximum Gasteiger partial charge on any atom is 0.240 e. The van der Waals surface area contributed by atoms with Crippen molar-refractivity contribution >= 4 is 50.8 Å². The van der Waals surface area contributed by atoms with E-state index in [9.17, 15) is 12.6 Å². The normalized spacial score (nSPS) is 20.8. The first kappa shape index (κ1) is 27.3. The molecule has 3 atom stereocenters. The minimum absolute atomic E-state index is 0. The highest BCUT2D eigenvalue weighted by Gasteiger charge is 2.26. The van der Waals surface area contributed by atoms with Gasteiger partial charge in [0.05, 0.1) is 11.4 Å². The summed E-state index contributed by atoms with van der Waals surface area (Å²) in [5, 5.41) is 6.88. The number of aliphatic imine (C=N–C) groups is 1. The van der Waals surface area contributed by atoms with E-state index in [2.05, 4.69) is 20.3 Å². The largest absolute Gasteiger partial charge is 0.357 e. The van der Waals surface area contributed by atoms with Crippen LogP contribution < -0.4 is 15.4 Å². The third-order valence-corrected chi connectivity index (χ3v) is 8.19. The number of nitrogens with one attached hydrogen (secondary N) is 3. The highest BCUT2D eigenvalue weighted by molar-refractivity contribution is 14.0. The zero-order valence-corrected chi connectivity index (χ0v) is 22.0. The van der Waals surface area contributed by atoms with Gasteiger partial charge in [-0.05, 0) is 45.2 Å². The molecule has 3 N–H and O–H groups in total. The van der Waals surface area contributed by atoms with E-state index >= 15 is 0 Å². The number of rotatable bonds is 9. The molecular formula is C20H35IN4O3S2. The molecule has 1 fully saturated rings. The van der Waals surface area contributed by atoms with Crippen molar-refractivity contribution in [3.8, 4) is 0 Å². The second kappa shape index (κ2) is 13.6. The molecule has 0 aromatic heterocycles. The van der Waals surface area contributed by atoms with Crippen LogP contribution in [-0.2, 0) is 20.8 Å². The van der Waals surface area contributed by atoms with Gasteiger partial charge in [-0.15, -0.1) is 24.0 Å². The molecule has 172 valence electrons. The van der Waals surface area contributed by atoms with Crippen molar-refractivity contribution < 1.29 is 12.6 Å². The Morgan fingerprint density at radius 3 is 2.53 bits per heavy atom. The smallest absolute Gasteiger partial charge is 0.240 e. The second-order valence-corrected chi connectivity index (χ2v) is 11.0. The Kier molecular flexibility index (Phi) is 12.4. The molecule has 3 unspecified atom stereocenters. The summed E-state index contributed by atoms with van der Waals surface area (Å²) in [6.45, 7) is 7.15. The van der Waals surface area contributed by atoms with E-state index < -0.39 is 20.8 Å². The quantitative estimate of drug-likeness (QED) is 0.184. The summed E-state index contributed by atoms with van der Waals surface area (Å²) in [5.74, 6) is 1.38. The van der Waals surface area contributed by atoms with Crippen LogP contribution in [0.2, 0.25) is 0 Å². The molecule has 1 aromatic rings. The van der Waals surface area contributed by atoms with Crippen molar-refractivity contribution in [2.24, 2.45) is 4.99 Å². The number of halogens is 1. The fourth-order valence-corrected chi connectivity index (χ4v) is 5.78. The molecule has 7 nitrogen and oxygen atoms in total. The summed E-state index contributed by atoms with van der Waals surface area (Å²) in [7, 11) is -4.29. The predicted octanol–water partition coefficient (Wildman–Crippen LogP) is 2.53. The molecule has 0 bridgehead atoms. The van der Waals surface area contributed by atoms with Crippen LogP contribution in [-0.4, -0.2) is 55.3 Å². The van der Waals surface area contributed by atoms with Crippen LogP contribution in [0.1, 0.15) is 45.1 Å². The van der Waals surface area contributed by atoms with Crippen molar-refractivity contribution in [1.82, 2.24) is 15.4 Å². The fourth-order valence-electron chi connectivity index (χ4n) is 3.41. The van der Waals surface area contributed by atoms with Gasteiger partial charge >= 0.3 is 0 Å². The molecule has 2 rings (SSSR count). The number of hydrogen-bond acceptors (Lipinski definition) is 4. The van der Waals surface area contributed by atoms with E-state index in [-0.39, 0.29) is 46.7 Å². The lowest BCUT2D eigenvalue weighted by atomic mass is 9.95. The Bertz CT molecular complexity index is 801. The van der Waals surface area contributed by atoms with Gasteiger partial charge in [-0.1, -0.05) is 31.0 Å². The first-order valence-corrected chi connectivity index (χ1v) is 13.2. The van der Waals surface area contributed by atoms with E-state index in [1.54, 1.807) is 24.3 Å².